The molecular formula is C24H27N5O4. The number of fused-ring (bicyclic) bond motifs is 1. The number of aromatic amines is 1. The average molecular weight is 450 g/mol. The quantitative estimate of drug-likeness (QED) is 0.524. The van der Waals surface area contributed by atoms with Crippen LogP contribution in [0.1, 0.15) is 69.8 Å². The number of aryl methyl sites for hydroxylation is 2. The van der Waals surface area contributed by atoms with Gasteiger partial charge in [0.15, 0.2) is 0 Å². The van der Waals surface area contributed by atoms with Crippen molar-refractivity contribution in [2.75, 3.05) is 0 Å². The summed E-state index contributed by atoms with van der Waals surface area (Å²) in [5.41, 5.74) is 1.86. The van der Waals surface area contributed by atoms with Crippen LogP contribution < -0.4 is 21.5 Å². The van der Waals surface area contributed by atoms with Crippen LogP contribution in [0.2, 0.25) is 0 Å². The van der Waals surface area contributed by atoms with Gasteiger partial charge in [0.05, 0.1) is 11.1 Å². The summed E-state index contributed by atoms with van der Waals surface area (Å²) in [6.45, 7) is 2.16. The van der Waals surface area contributed by atoms with Gasteiger partial charge < -0.3 is 20.9 Å². The zero-order chi connectivity index (χ0) is 23.2. The molecule has 5 rings (SSSR count). The average Bonchev–Trinajstić information content (AvgIpc) is 3.12. The smallest absolute Gasteiger partial charge is 0.254 e. The molecule has 2 unspecified atom stereocenters. The molecule has 1 spiro atoms. The first-order chi connectivity index (χ1) is 15.9. The summed E-state index contributed by atoms with van der Waals surface area (Å²) in [5, 5.41) is 9.01. The van der Waals surface area contributed by atoms with Gasteiger partial charge in [0.1, 0.15) is 5.82 Å². The second kappa shape index (κ2) is 8.13. The van der Waals surface area contributed by atoms with Crippen molar-refractivity contribution in [3.8, 4) is 0 Å². The minimum Gasteiger partial charge on any atom is -0.353 e. The molecule has 33 heavy (non-hydrogen) atoms. The molecule has 2 fully saturated rings. The van der Waals surface area contributed by atoms with E-state index in [-0.39, 0.29) is 47.2 Å². The molecule has 2 saturated carbocycles. The van der Waals surface area contributed by atoms with E-state index in [0.29, 0.717) is 41.9 Å². The molecule has 2 atom stereocenters. The molecule has 0 radical (unpaired) electrons. The second-order valence-corrected chi connectivity index (χ2v) is 9.31. The number of hydrogen-bond donors (Lipinski definition) is 4. The largest absolute Gasteiger partial charge is 0.353 e. The fraction of sp³-hybridized carbons (Fsp3) is 0.458. The van der Waals surface area contributed by atoms with Crippen molar-refractivity contribution in [3.05, 3.63) is 62.8 Å². The highest BCUT2D eigenvalue weighted by molar-refractivity contribution is 6.09. The van der Waals surface area contributed by atoms with Crippen molar-refractivity contribution in [1.82, 2.24) is 25.9 Å². The Morgan fingerprint density at radius 1 is 1.18 bits per heavy atom. The van der Waals surface area contributed by atoms with Crippen LogP contribution in [0.4, 0.5) is 0 Å². The van der Waals surface area contributed by atoms with Crippen LogP contribution in [-0.4, -0.2) is 39.8 Å². The standard InChI is InChI=1S/C24H27N5O4/c1-13-25-12-15(21(31)27-13)6-7-19(30)28-17-10-18(24(17)8-3-9-24)29-22(32)16-5-2-4-14-11-26-23(33)20(14)16/h2,4-5,12,17-18H,3,6-11H2,1H3,(H,26,33)(H,28,30)(H,29,32)(H,25,27,31). The lowest BCUT2D eigenvalue weighted by atomic mass is 9.49. The Balaban J connectivity index is 1.20. The molecule has 2 aromatic rings. The van der Waals surface area contributed by atoms with E-state index in [1.165, 1.54) is 6.20 Å². The van der Waals surface area contributed by atoms with Gasteiger partial charge in [-0.05, 0) is 44.2 Å². The van der Waals surface area contributed by atoms with E-state index in [0.717, 1.165) is 24.8 Å². The first kappa shape index (κ1) is 21.4. The number of rotatable bonds is 6. The molecule has 2 heterocycles. The maximum Gasteiger partial charge on any atom is 0.254 e. The molecule has 9 heteroatoms. The summed E-state index contributed by atoms with van der Waals surface area (Å²) >= 11 is 0. The third kappa shape index (κ3) is 3.71. The summed E-state index contributed by atoms with van der Waals surface area (Å²) in [6.07, 6.45) is 5.66. The van der Waals surface area contributed by atoms with Crippen molar-refractivity contribution in [2.24, 2.45) is 5.41 Å². The van der Waals surface area contributed by atoms with Crippen molar-refractivity contribution in [1.29, 1.82) is 0 Å². The lowest BCUT2D eigenvalue weighted by Gasteiger charge is -2.61. The predicted molar refractivity (Wildman–Crippen MR) is 120 cm³/mol. The number of benzene rings is 1. The van der Waals surface area contributed by atoms with Crippen LogP contribution in [0.5, 0.6) is 0 Å². The topological polar surface area (TPSA) is 133 Å². The van der Waals surface area contributed by atoms with Crippen LogP contribution in [-0.2, 0) is 17.8 Å². The predicted octanol–water partition coefficient (Wildman–Crippen LogP) is 1.11. The zero-order valence-corrected chi connectivity index (χ0v) is 18.5. The monoisotopic (exact) mass is 449 g/mol. The first-order valence-corrected chi connectivity index (χ1v) is 11.4. The summed E-state index contributed by atoms with van der Waals surface area (Å²) in [5.74, 6) is -0.0103. The van der Waals surface area contributed by atoms with Crippen molar-refractivity contribution in [3.63, 3.8) is 0 Å². The number of amides is 3. The van der Waals surface area contributed by atoms with Gasteiger partial charge in [0.2, 0.25) is 5.91 Å². The Labute approximate surface area is 190 Å². The van der Waals surface area contributed by atoms with E-state index < -0.39 is 0 Å². The molecule has 3 amide bonds. The fourth-order valence-corrected chi connectivity index (χ4v) is 5.38. The van der Waals surface area contributed by atoms with E-state index >= 15 is 0 Å². The molecule has 4 N–H and O–H groups in total. The number of aromatic nitrogens is 2. The molecule has 1 aromatic heterocycles. The van der Waals surface area contributed by atoms with Crippen molar-refractivity contribution < 1.29 is 14.4 Å². The molecular weight excluding hydrogens is 422 g/mol. The van der Waals surface area contributed by atoms with E-state index in [2.05, 4.69) is 25.9 Å². The SMILES string of the molecule is Cc1ncc(CCC(=O)NC2CC(NC(=O)c3cccc4c3C(=O)NC4)C23CCC3)c(=O)[nH]1. The fourth-order valence-electron chi connectivity index (χ4n) is 5.38. The van der Waals surface area contributed by atoms with Gasteiger partial charge in [0, 0.05) is 42.2 Å². The Bertz CT molecular complexity index is 1200. The molecule has 9 nitrogen and oxygen atoms in total. The number of nitrogens with one attached hydrogen (secondary N) is 4. The van der Waals surface area contributed by atoms with Gasteiger partial charge in [0.25, 0.3) is 17.4 Å². The van der Waals surface area contributed by atoms with Gasteiger partial charge >= 0.3 is 0 Å². The normalized spacial score (nSPS) is 22.0. The lowest BCUT2D eigenvalue weighted by molar-refractivity contribution is -0.128. The molecule has 0 saturated heterocycles. The van der Waals surface area contributed by atoms with Crippen molar-refractivity contribution >= 4 is 17.7 Å². The van der Waals surface area contributed by atoms with E-state index in [9.17, 15) is 19.2 Å². The third-order valence-electron chi connectivity index (χ3n) is 7.47. The van der Waals surface area contributed by atoms with E-state index in [1.54, 1.807) is 19.1 Å². The van der Waals surface area contributed by atoms with Crippen LogP contribution in [0.3, 0.4) is 0 Å². The van der Waals surface area contributed by atoms with Crippen LogP contribution in [0, 0.1) is 12.3 Å². The maximum atomic E-state index is 13.0. The minimum atomic E-state index is -0.240. The third-order valence-corrected chi connectivity index (χ3v) is 7.47. The van der Waals surface area contributed by atoms with Crippen LogP contribution >= 0.6 is 0 Å². The molecule has 1 aromatic carbocycles. The summed E-state index contributed by atoms with van der Waals surface area (Å²) in [7, 11) is 0. The zero-order valence-electron chi connectivity index (χ0n) is 18.5. The number of carbonyl (C=O) groups is 3. The van der Waals surface area contributed by atoms with E-state index in [1.807, 2.05) is 6.07 Å². The molecule has 2 aliphatic carbocycles. The lowest BCUT2D eigenvalue weighted by Crippen LogP contribution is -2.71. The van der Waals surface area contributed by atoms with Gasteiger partial charge in [-0.15, -0.1) is 0 Å². The van der Waals surface area contributed by atoms with Gasteiger partial charge in [-0.1, -0.05) is 18.6 Å². The Morgan fingerprint density at radius 2 is 1.97 bits per heavy atom. The highest BCUT2D eigenvalue weighted by atomic mass is 16.2. The highest BCUT2D eigenvalue weighted by Crippen LogP contribution is 2.56. The van der Waals surface area contributed by atoms with Crippen LogP contribution in [0.25, 0.3) is 0 Å². The Morgan fingerprint density at radius 3 is 2.70 bits per heavy atom. The first-order valence-electron chi connectivity index (χ1n) is 11.4. The molecule has 3 aliphatic rings. The van der Waals surface area contributed by atoms with Gasteiger partial charge in [-0.25, -0.2) is 4.98 Å². The highest BCUT2D eigenvalue weighted by Gasteiger charge is 2.59. The Hall–Kier alpha value is -3.49. The number of hydrogen-bond acceptors (Lipinski definition) is 5. The van der Waals surface area contributed by atoms with Crippen LogP contribution in [0.15, 0.2) is 29.2 Å². The number of carbonyl (C=O) groups excluding carboxylic acids is 3. The second-order valence-electron chi connectivity index (χ2n) is 9.31. The van der Waals surface area contributed by atoms with Crippen molar-refractivity contribution in [2.45, 2.75) is 64.1 Å². The van der Waals surface area contributed by atoms with Gasteiger partial charge in [-0.2, -0.15) is 0 Å². The maximum absolute atomic E-state index is 13.0. The molecule has 172 valence electrons. The number of H-pyrrole nitrogens is 1. The van der Waals surface area contributed by atoms with Gasteiger partial charge in [-0.3, -0.25) is 19.2 Å². The summed E-state index contributed by atoms with van der Waals surface area (Å²) < 4.78 is 0. The summed E-state index contributed by atoms with van der Waals surface area (Å²) in [6, 6.07) is 5.31. The van der Waals surface area contributed by atoms with E-state index in [4.69, 9.17) is 0 Å². The molecule has 0 bridgehead atoms. The summed E-state index contributed by atoms with van der Waals surface area (Å²) in [4.78, 5) is 56.4. The number of nitrogens with zero attached hydrogens (tertiary/aromatic N) is 1. The Kier molecular flexibility index (Phi) is 5.26. The minimum absolute atomic E-state index is 0.00302. The molecule has 1 aliphatic heterocycles.